The third-order valence-electron chi connectivity index (χ3n) is 3.57. The average molecular weight is 371 g/mol. The van der Waals surface area contributed by atoms with Crippen molar-refractivity contribution in [3.8, 4) is 0 Å². The Hall–Kier alpha value is -1.47. The van der Waals surface area contributed by atoms with Crippen LogP contribution in [-0.4, -0.2) is 4.92 Å². The molecule has 4 nitrogen and oxygen atoms in total. The number of benzene rings is 1. The van der Waals surface area contributed by atoms with E-state index in [9.17, 15) is 14.5 Å². The lowest BCUT2D eigenvalue weighted by Crippen LogP contribution is -2.15. The van der Waals surface area contributed by atoms with E-state index in [1.807, 2.05) is 0 Å². The van der Waals surface area contributed by atoms with E-state index in [2.05, 4.69) is 27.3 Å². The molecule has 1 aliphatic carbocycles. The van der Waals surface area contributed by atoms with Gasteiger partial charge in [0, 0.05) is 22.7 Å². The molecule has 1 unspecified atom stereocenters. The van der Waals surface area contributed by atoms with Gasteiger partial charge in [0.1, 0.15) is 0 Å². The Morgan fingerprint density at radius 1 is 1.43 bits per heavy atom. The molecule has 1 aromatic heterocycles. The van der Waals surface area contributed by atoms with Gasteiger partial charge in [-0.15, -0.1) is 11.3 Å². The van der Waals surface area contributed by atoms with Gasteiger partial charge in [-0.05, 0) is 52.9 Å². The van der Waals surface area contributed by atoms with E-state index < -0.39 is 16.4 Å². The van der Waals surface area contributed by atoms with Crippen LogP contribution in [0, 0.1) is 15.9 Å². The number of nitro benzene ring substituents is 1. The quantitative estimate of drug-likeness (QED) is 0.607. The van der Waals surface area contributed by atoms with Gasteiger partial charge in [-0.1, -0.05) is 0 Å². The summed E-state index contributed by atoms with van der Waals surface area (Å²) < 4.78 is 14.8. The molecule has 110 valence electrons. The van der Waals surface area contributed by atoms with E-state index in [-0.39, 0.29) is 6.04 Å². The molecular weight excluding hydrogens is 359 g/mol. The molecule has 0 amide bonds. The molecule has 2 aromatic rings. The number of halogens is 2. The van der Waals surface area contributed by atoms with Crippen LogP contribution in [0.1, 0.15) is 29.3 Å². The first-order valence-corrected chi connectivity index (χ1v) is 8.14. The number of aryl methyl sites for hydroxylation is 1. The molecule has 1 aliphatic rings. The van der Waals surface area contributed by atoms with Crippen LogP contribution in [0.2, 0.25) is 0 Å². The SMILES string of the molecule is O=[N+]([O-])c1ccc(NC2CCCc3sc(Br)cc32)cc1F. The molecule has 0 radical (unpaired) electrons. The van der Waals surface area contributed by atoms with Gasteiger partial charge in [0.25, 0.3) is 0 Å². The van der Waals surface area contributed by atoms with Gasteiger partial charge in [-0.3, -0.25) is 10.1 Å². The van der Waals surface area contributed by atoms with Gasteiger partial charge < -0.3 is 5.32 Å². The molecule has 0 saturated carbocycles. The number of rotatable bonds is 3. The molecule has 21 heavy (non-hydrogen) atoms. The lowest BCUT2D eigenvalue weighted by molar-refractivity contribution is -0.387. The van der Waals surface area contributed by atoms with Crippen LogP contribution < -0.4 is 5.32 Å². The normalized spacial score (nSPS) is 17.3. The van der Waals surface area contributed by atoms with Crippen molar-refractivity contribution in [1.82, 2.24) is 0 Å². The second kappa shape index (κ2) is 5.73. The second-order valence-electron chi connectivity index (χ2n) is 4.94. The summed E-state index contributed by atoms with van der Waals surface area (Å²) in [5.41, 5.74) is 1.30. The molecule has 0 aliphatic heterocycles. The number of anilines is 1. The highest BCUT2D eigenvalue weighted by atomic mass is 79.9. The number of nitro groups is 1. The molecule has 1 aromatic carbocycles. The maximum atomic E-state index is 13.7. The Morgan fingerprint density at radius 3 is 2.95 bits per heavy atom. The minimum Gasteiger partial charge on any atom is -0.378 e. The van der Waals surface area contributed by atoms with E-state index in [0.29, 0.717) is 5.69 Å². The van der Waals surface area contributed by atoms with Crippen LogP contribution >= 0.6 is 27.3 Å². The first kappa shape index (κ1) is 14.5. The number of thiophene rings is 1. The van der Waals surface area contributed by atoms with Gasteiger partial charge in [-0.2, -0.15) is 4.39 Å². The van der Waals surface area contributed by atoms with Crippen molar-refractivity contribution in [3.05, 3.63) is 54.4 Å². The van der Waals surface area contributed by atoms with Crippen LogP contribution in [0.3, 0.4) is 0 Å². The number of nitrogens with zero attached hydrogens (tertiary/aromatic N) is 1. The number of nitrogens with one attached hydrogen (secondary N) is 1. The van der Waals surface area contributed by atoms with E-state index in [4.69, 9.17) is 0 Å². The summed E-state index contributed by atoms with van der Waals surface area (Å²) in [7, 11) is 0. The van der Waals surface area contributed by atoms with Crippen molar-refractivity contribution in [2.24, 2.45) is 0 Å². The van der Waals surface area contributed by atoms with Gasteiger partial charge in [0.15, 0.2) is 0 Å². The Kier molecular flexibility index (Phi) is 3.95. The van der Waals surface area contributed by atoms with Gasteiger partial charge in [0.2, 0.25) is 5.82 Å². The molecule has 0 fully saturated rings. The van der Waals surface area contributed by atoms with Crippen molar-refractivity contribution in [3.63, 3.8) is 0 Å². The van der Waals surface area contributed by atoms with Crippen molar-refractivity contribution >= 4 is 38.6 Å². The summed E-state index contributed by atoms with van der Waals surface area (Å²) in [5.74, 6) is -0.812. The van der Waals surface area contributed by atoms with E-state index >= 15 is 0 Å². The number of hydrogen-bond acceptors (Lipinski definition) is 4. The lowest BCUT2D eigenvalue weighted by Gasteiger charge is -2.24. The average Bonchev–Trinajstić information content (AvgIpc) is 2.80. The fourth-order valence-corrected chi connectivity index (χ4v) is 4.44. The third kappa shape index (κ3) is 2.94. The molecule has 3 rings (SSSR count). The standard InChI is InChI=1S/C14H12BrFN2O2S/c15-14-7-9-11(2-1-3-13(9)21-14)17-8-4-5-12(18(19)20)10(16)6-8/h4-7,11,17H,1-3H2. The predicted molar refractivity (Wildman–Crippen MR) is 84.4 cm³/mol. The molecule has 0 spiro atoms. The Morgan fingerprint density at radius 2 is 2.24 bits per heavy atom. The molecule has 1 atom stereocenters. The topological polar surface area (TPSA) is 55.2 Å². The van der Waals surface area contributed by atoms with Gasteiger partial charge >= 0.3 is 5.69 Å². The maximum absolute atomic E-state index is 13.7. The van der Waals surface area contributed by atoms with Crippen LogP contribution in [0.15, 0.2) is 28.1 Å². The minimum atomic E-state index is -0.812. The highest BCUT2D eigenvalue weighted by Gasteiger charge is 2.23. The first-order chi connectivity index (χ1) is 10.0. The van der Waals surface area contributed by atoms with Crippen molar-refractivity contribution in [1.29, 1.82) is 0 Å². The molecule has 0 bridgehead atoms. The molecule has 1 N–H and O–H groups in total. The summed E-state index contributed by atoms with van der Waals surface area (Å²) in [6.07, 6.45) is 3.11. The maximum Gasteiger partial charge on any atom is 0.304 e. The second-order valence-corrected chi connectivity index (χ2v) is 7.46. The summed E-state index contributed by atoms with van der Waals surface area (Å²) in [6, 6.07) is 6.16. The van der Waals surface area contributed by atoms with Crippen molar-refractivity contribution in [2.45, 2.75) is 25.3 Å². The summed E-state index contributed by atoms with van der Waals surface area (Å²) in [6.45, 7) is 0. The van der Waals surface area contributed by atoms with Crippen molar-refractivity contribution in [2.75, 3.05) is 5.32 Å². The lowest BCUT2D eigenvalue weighted by atomic mass is 9.94. The molecule has 7 heteroatoms. The van der Waals surface area contributed by atoms with Crippen LogP contribution in [0.4, 0.5) is 15.8 Å². The number of fused-ring (bicyclic) bond motifs is 1. The van der Waals surface area contributed by atoms with Crippen molar-refractivity contribution < 1.29 is 9.31 Å². The summed E-state index contributed by atoms with van der Waals surface area (Å²) in [4.78, 5) is 11.3. The van der Waals surface area contributed by atoms with E-state index in [1.54, 1.807) is 17.4 Å². The molecule has 0 saturated heterocycles. The van der Waals surface area contributed by atoms with Gasteiger partial charge in [-0.25, -0.2) is 0 Å². The monoisotopic (exact) mass is 370 g/mol. The highest BCUT2D eigenvalue weighted by Crippen LogP contribution is 2.39. The third-order valence-corrected chi connectivity index (χ3v) is 5.28. The minimum absolute atomic E-state index is 0.122. The first-order valence-electron chi connectivity index (χ1n) is 6.53. The smallest absolute Gasteiger partial charge is 0.304 e. The van der Waals surface area contributed by atoms with Crippen LogP contribution in [0.5, 0.6) is 0 Å². The Balaban J connectivity index is 1.84. The summed E-state index contributed by atoms with van der Waals surface area (Å²) >= 11 is 5.23. The zero-order valence-electron chi connectivity index (χ0n) is 10.9. The zero-order chi connectivity index (χ0) is 15.0. The summed E-state index contributed by atoms with van der Waals surface area (Å²) in [5, 5.41) is 13.9. The Labute approximate surface area is 133 Å². The number of hydrogen-bond donors (Lipinski definition) is 1. The van der Waals surface area contributed by atoms with Crippen LogP contribution in [-0.2, 0) is 6.42 Å². The highest BCUT2D eigenvalue weighted by molar-refractivity contribution is 9.11. The predicted octanol–water partition coefficient (Wildman–Crippen LogP) is 5.05. The van der Waals surface area contributed by atoms with Crippen LogP contribution in [0.25, 0.3) is 0 Å². The van der Waals surface area contributed by atoms with E-state index in [0.717, 1.165) is 23.0 Å². The largest absolute Gasteiger partial charge is 0.378 e. The zero-order valence-corrected chi connectivity index (χ0v) is 13.3. The Bertz CT molecular complexity index is 704. The fraction of sp³-hybridized carbons (Fsp3) is 0.286. The molecular formula is C14H12BrFN2O2S. The molecule has 1 heterocycles. The van der Waals surface area contributed by atoms with Gasteiger partial charge in [0.05, 0.1) is 14.8 Å². The fourth-order valence-electron chi connectivity index (χ4n) is 2.62. The van der Waals surface area contributed by atoms with E-state index in [1.165, 1.54) is 22.6 Å².